The largest absolute Gasteiger partial charge is 0.376 e. The van der Waals surface area contributed by atoms with E-state index in [1.165, 1.54) is 24.0 Å². The molecule has 3 aliphatic rings. The highest BCUT2D eigenvalue weighted by Crippen LogP contribution is 2.29. The van der Waals surface area contributed by atoms with E-state index >= 15 is 0 Å². The van der Waals surface area contributed by atoms with Crippen molar-refractivity contribution >= 4 is 17.2 Å². The third-order valence-corrected chi connectivity index (χ3v) is 8.02. The summed E-state index contributed by atoms with van der Waals surface area (Å²) in [6.07, 6.45) is 7.05. The van der Waals surface area contributed by atoms with Crippen LogP contribution in [0.1, 0.15) is 52.3 Å². The molecule has 0 radical (unpaired) electrons. The first-order chi connectivity index (χ1) is 15.2. The van der Waals surface area contributed by atoms with E-state index in [1.807, 2.05) is 17.2 Å². The number of thiazole rings is 1. The molecule has 6 heteroatoms. The Morgan fingerprint density at radius 3 is 2.52 bits per heavy atom. The zero-order valence-corrected chi connectivity index (χ0v) is 19.3. The molecule has 166 valence electrons. The van der Waals surface area contributed by atoms with Gasteiger partial charge in [-0.2, -0.15) is 0 Å². The quantitative estimate of drug-likeness (QED) is 0.684. The lowest BCUT2D eigenvalue weighted by Crippen LogP contribution is -2.46. The van der Waals surface area contributed by atoms with E-state index < -0.39 is 0 Å². The molecule has 1 atom stereocenters. The van der Waals surface area contributed by atoms with E-state index in [0.717, 1.165) is 56.9 Å². The molecular formula is C25H33N3O2S. The summed E-state index contributed by atoms with van der Waals surface area (Å²) in [6, 6.07) is 9.56. The second-order valence-corrected chi connectivity index (χ2v) is 10.5. The topological polar surface area (TPSA) is 45.7 Å². The number of carbonyl (C=O) groups excluding carboxylic acids is 1. The van der Waals surface area contributed by atoms with Gasteiger partial charge in [-0.15, -0.1) is 11.3 Å². The Bertz CT molecular complexity index is 875. The number of benzene rings is 1. The van der Waals surface area contributed by atoms with Crippen LogP contribution >= 0.6 is 11.3 Å². The maximum absolute atomic E-state index is 13.2. The number of amides is 1. The summed E-state index contributed by atoms with van der Waals surface area (Å²) < 4.78 is 5.86. The zero-order chi connectivity index (χ0) is 21.2. The number of nitrogens with zero attached hydrogens (tertiary/aromatic N) is 3. The number of aryl methyl sites for hydroxylation is 1. The van der Waals surface area contributed by atoms with Crippen molar-refractivity contribution in [3.8, 4) is 0 Å². The van der Waals surface area contributed by atoms with Crippen molar-refractivity contribution in [2.75, 3.05) is 32.8 Å². The third-order valence-electron chi connectivity index (χ3n) is 7.25. The maximum Gasteiger partial charge on any atom is 0.273 e. The third kappa shape index (κ3) is 4.86. The molecule has 3 heterocycles. The lowest BCUT2D eigenvalue weighted by Gasteiger charge is -2.38. The molecular weight excluding hydrogens is 406 g/mol. The van der Waals surface area contributed by atoms with E-state index in [-0.39, 0.29) is 12.0 Å². The maximum atomic E-state index is 13.2. The van der Waals surface area contributed by atoms with Crippen LogP contribution in [0.3, 0.4) is 0 Å². The van der Waals surface area contributed by atoms with E-state index in [1.54, 1.807) is 11.3 Å². The van der Waals surface area contributed by atoms with Gasteiger partial charge in [-0.25, -0.2) is 4.98 Å². The Kier molecular flexibility index (Phi) is 6.39. The van der Waals surface area contributed by atoms with Gasteiger partial charge in [0.1, 0.15) is 5.69 Å². The summed E-state index contributed by atoms with van der Waals surface area (Å²) in [6.45, 7) is 6.59. The van der Waals surface area contributed by atoms with Gasteiger partial charge < -0.3 is 9.64 Å². The minimum absolute atomic E-state index is 0.0773. The van der Waals surface area contributed by atoms with Crippen molar-refractivity contribution in [2.24, 2.45) is 5.92 Å². The molecule has 5 rings (SSSR count). The zero-order valence-electron chi connectivity index (χ0n) is 18.5. The van der Waals surface area contributed by atoms with Crippen LogP contribution in [0.2, 0.25) is 0 Å². The van der Waals surface area contributed by atoms with Crippen LogP contribution in [0.5, 0.6) is 0 Å². The van der Waals surface area contributed by atoms with E-state index in [2.05, 4.69) is 34.1 Å². The van der Waals surface area contributed by atoms with Gasteiger partial charge in [0.05, 0.1) is 11.1 Å². The molecule has 1 amide bonds. The van der Waals surface area contributed by atoms with Gasteiger partial charge >= 0.3 is 0 Å². The summed E-state index contributed by atoms with van der Waals surface area (Å²) in [4.78, 5) is 22.4. The highest BCUT2D eigenvalue weighted by atomic mass is 32.1. The standard InChI is InChI=1S/C25H33N3O2S/c1-18-26-24(17-31-18)25(29)28(16-23-7-4-12-30-23)15-19-8-10-27(11-9-19)22-13-20-5-2-3-6-21(20)14-22/h2-3,5-6,17,19,22-23H,4,7-16H2,1H3/t23-/m1/s1. The van der Waals surface area contributed by atoms with Crippen molar-refractivity contribution in [1.82, 2.24) is 14.8 Å². The second kappa shape index (κ2) is 9.39. The average Bonchev–Trinajstić information content (AvgIpc) is 3.54. The van der Waals surface area contributed by atoms with Crippen molar-refractivity contribution in [3.05, 3.63) is 51.5 Å². The molecule has 2 aliphatic heterocycles. The highest BCUT2D eigenvalue weighted by molar-refractivity contribution is 7.09. The molecule has 0 spiro atoms. The van der Waals surface area contributed by atoms with Gasteiger partial charge in [0, 0.05) is 31.1 Å². The summed E-state index contributed by atoms with van der Waals surface area (Å²) in [5, 5.41) is 2.85. The predicted molar refractivity (Wildman–Crippen MR) is 124 cm³/mol. The van der Waals surface area contributed by atoms with Gasteiger partial charge in [-0.3, -0.25) is 9.69 Å². The minimum Gasteiger partial charge on any atom is -0.376 e. The molecule has 31 heavy (non-hydrogen) atoms. The number of ether oxygens (including phenoxy) is 1. The van der Waals surface area contributed by atoms with Crippen LogP contribution < -0.4 is 0 Å². The monoisotopic (exact) mass is 439 g/mol. The number of hydrogen-bond donors (Lipinski definition) is 0. The first-order valence-electron chi connectivity index (χ1n) is 11.8. The molecule has 0 unspecified atom stereocenters. The van der Waals surface area contributed by atoms with E-state index in [9.17, 15) is 4.79 Å². The van der Waals surface area contributed by atoms with Crippen LogP contribution in [0.25, 0.3) is 0 Å². The fraction of sp³-hybridized carbons (Fsp3) is 0.600. The van der Waals surface area contributed by atoms with Crippen molar-refractivity contribution < 1.29 is 9.53 Å². The average molecular weight is 440 g/mol. The normalized spacial score (nSPS) is 22.7. The lowest BCUT2D eigenvalue weighted by atomic mass is 9.94. The first kappa shape index (κ1) is 21.1. The molecule has 5 nitrogen and oxygen atoms in total. The van der Waals surface area contributed by atoms with Gasteiger partial charge in [0.15, 0.2) is 0 Å². The molecule has 1 aromatic heterocycles. The van der Waals surface area contributed by atoms with E-state index in [4.69, 9.17) is 4.74 Å². The molecule has 2 fully saturated rings. The highest BCUT2D eigenvalue weighted by Gasteiger charge is 2.32. The number of piperidine rings is 1. The summed E-state index contributed by atoms with van der Waals surface area (Å²) in [5.41, 5.74) is 3.66. The smallest absolute Gasteiger partial charge is 0.273 e. The number of likely N-dealkylation sites (tertiary alicyclic amines) is 1. The molecule has 1 aliphatic carbocycles. The Labute approximate surface area is 189 Å². The Hall–Kier alpha value is -1.76. The van der Waals surface area contributed by atoms with Crippen molar-refractivity contribution in [2.45, 2.75) is 57.6 Å². The lowest BCUT2D eigenvalue weighted by molar-refractivity contribution is 0.0426. The van der Waals surface area contributed by atoms with Crippen LogP contribution in [0.15, 0.2) is 29.6 Å². The van der Waals surface area contributed by atoms with Gasteiger partial charge in [0.25, 0.3) is 5.91 Å². The van der Waals surface area contributed by atoms with Gasteiger partial charge in [0.2, 0.25) is 0 Å². The number of aromatic nitrogens is 1. The first-order valence-corrected chi connectivity index (χ1v) is 12.7. The molecule has 1 aromatic carbocycles. The van der Waals surface area contributed by atoms with Gasteiger partial charge in [-0.1, -0.05) is 24.3 Å². The minimum atomic E-state index is 0.0773. The number of hydrogen-bond acceptors (Lipinski definition) is 5. The molecule has 0 saturated carbocycles. The Morgan fingerprint density at radius 2 is 1.90 bits per heavy atom. The van der Waals surface area contributed by atoms with Crippen LogP contribution in [0.4, 0.5) is 0 Å². The second-order valence-electron chi connectivity index (χ2n) is 9.41. The summed E-state index contributed by atoms with van der Waals surface area (Å²) >= 11 is 1.55. The van der Waals surface area contributed by atoms with Crippen molar-refractivity contribution in [3.63, 3.8) is 0 Å². The Balaban J connectivity index is 1.18. The van der Waals surface area contributed by atoms with Crippen LogP contribution in [-0.2, 0) is 17.6 Å². The fourth-order valence-corrected chi connectivity index (χ4v) is 6.09. The molecule has 2 aromatic rings. The summed E-state index contributed by atoms with van der Waals surface area (Å²) in [7, 11) is 0. The number of carbonyl (C=O) groups is 1. The summed E-state index contributed by atoms with van der Waals surface area (Å²) in [5.74, 6) is 0.638. The predicted octanol–water partition coefficient (Wildman–Crippen LogP) is 3.95. The Morgan fingerprint density at radius 1 is 1.16 bits per heavy atom. The molecule has 2 saturated heterocycles. The van der Waals surface area contributed by atoms with Gasteiger partial charge in [-0.05, 0) is 75.6 Å². The number of fused-ring (bicyclic) bond motifs is 1. The molecule has 0 N–H and O–H groups in total. The number of rotatable bonds is 6. The van der Waals surface area contributed by atoms with Crippen LogP contribution in [0, 0.1) is 12.8 Å². The molecule has 0 bridgehead atoms. The van der Waals surface area contributed by atoms with Crippen LogP contribution in [-0.4, -0.2) is 65.6 Å². The van der Waals surface area contributed by atoms with Crippen molar-refractivity contribution in [1.29, 1.82) is 0 Å². The fourth-order valence-electron chi connectivity index (χ4n) is 5.50. The van der Waals surface area contributed by atoms with E-state index in [0.29, 0.717) is 24.2 Å². The SMILES string of the molecule is Cc1nc(C(=O)N(CC2CCN(C3Cc4ccccc4C3)CC2)C[C@H]2CCCO2)cs1.